The van der Waals surface area contributed by atoms with Gasteiger partial charge in [0.2, 0.25) is 5.91 Å². The van der Waals surface area contributed by atoms with Gasteiger partial charge in [0, 0.05) is 10.1 Å². The first kappa shape index (κ1) is 14.9. The highest BCUT2D eigenvalue weighted by molar-refractivity contribution is 8.00. The molecule has 1 saturated carbocycles. The number of nitrogens with two attached hydrogens (primary N) is 1. The molecule has 4 nitrogen and oxygen atoms in total. The quantitative estimate of drug-likeness (QED) is 0.874. The predicted molar refractivity (Wildman–Crippen MR) is 88.2 cm³/mol. The van der Waals surface area contributed by atoms with Gasteiger partial charge in [-0.3, -0.25) is 9.59 Å². The molecule has 0 saturated heterocycles. The minimum Gasteiger partial charge on any atom is -0.365 e. The molecule has 2 aliphatic carbocycles. The number of thiophene rings is 1. The van der Waals surface area contributed by atoms with Crippen LogP contribution in [0, 0.1) is 0 Å². The Morgan fingerprint density at radius 3 is 2.71 bits per heavy atom. The summed E-state index contributed by atoms with van der Waals surface area (Å²) in [6.07, 6.45) is 7.97. The second-order valence-corrected chi connectivity index (χ2v) is 8.09. The normalized spacial score (nSPS) is 17.9. The number of amides is 2. The van der Waals surface area contributed by atoms with Gasteiger partial charge in [0.25, 0.3) is 5.91 Å². The van der Waals surface area contributed by atoms with Gasteiger partial charge in [0.05, 0.1) is 11.3 Å². The third-order valence-electron chi connectivity index (χ3n) is 4.17. The van der Waals surface area contributed by atoms with E-state index in [0.29, 0.717) is 21.6 Å². The fraction of sp³-hybridized carbons (Fsp3) is 0.600. The van der Waals surface area contributed by atoms with Gasteiger partial charge in [-0.25, -0.2) is 0 Å². The van der Waals surface area contributed by atoms with Crippen molar-refractivity contribution in [2.45, 2.75) is 50.2 Å². The van der Waals surface area contributed by atoms with E-state index in [4.69, 9.17) is 5.73 Å². The second kappa shape index (κ2) is 6.40. The molecule has 0 unspecified atom stereocenters. The minimum absolute atomic E-state index is 0.0191. The number of anilines is 1. The number of aryl methyl sites for hydroxylation is 1. The van der Waals surface area contributed by atoms with Crippen LogP contribution in [0.5, 0.6) is 0 Å². The highest BCUT2D eigenvalue weighted by Gasteiger charge is 2.26. The molecule has 3 N–H and O–H groups in total. The Hall–Kier alpha value is -1.01. The summed E-state index contributed by atoms with van der Waals surface area (Å²) in [5, 5.41) is 4.18. The number of fused-ring (bicyclic) bond motifs is 1. The molecule has 0 spiro atoms. The predicted octanol–water partition coefficient (Wildman–Crippen LogP) is 2.95. The Balaban J connectivity index is 1.64. The Kier molecular flexibility index (Phi) is 4.54. The summed E-state index contributed by atoms with van der Waals surface area (Å²) in [5.41, 5.74) is 7.10. The van der Waals surface area contributed by atoms with Gasteiger partial charge < -0.3 is 11.1 Å². The zero-order valence-corrected chi connectivity index (χ0v) is 13.6. The van der Waals surface area contributed by atoms with Gasteiger partial charge in [-0.1, -0.05) is 12.8 Å². The minimum atomic E-state index is -0.423. The molecular formula is C15H20N2O2S2. The molecule has 1 aromatic heterocycles. The van der Waals surface area contributed by atoms with Crippen molar-refractivity contribution in [3.05, 3.63) is 16.0 Å². The zero-order valence-electron chi connectivity index (χ0n) is 11.9. The van der Waals surface area contributed by atoms with E-state index >= 15 is 0 Å². The van der Waals surface area contributed by atoms with Crippen molar-refractivity contribution in [3.63, 3.8) is 0 Å². The zero-order chi connectivity index (χ0) is 14.8. The summed E-state index contributed by atoms with van der Waals surface area (Å²) >= 11 is 3.25. The van der Waals surface area contributed by atoms with Gasteiger partial charge in [0.1, 0.15) is 5.00 Å². The van der Waals surface area contributed by atoms with Crippen LogP contribution in [0.25, 0.3) is 0 Å². The Morgan fingerprint density at radius 1 is 1.24 bits per heavy atom. The summed E-state index contributed by atoms with van der Waals surface area (Å²) in [6, 6.07) is 0. The van der Waals surface area contributed by atoms with Crippen LogP contribution in [0.3, 0.4) is 0 Å². The van der Waals surface area contributed by atoms with E-state index < -0.39 is 5.91 Å². The molecule has 1 heterocycles. The van der Waals surface area contributed by atoms with E-state index in [1.165, 1.54) is 41.9 Å². The number of carbonyl (C=O) groups is 2. The summed E-state index contributed by atoms with van der Waals surface area (Å²) in [4.78, 5) is 25.0. The van der Waals surface area contributed by atoms with Crippen LogP contribution < -0.4 is 11.1 Å². The van der Waals surface area contributed by atoms with Crippen molar-refractivity contribution >= 4 is 39.9 Å². The molecule has 0 radical (unpaired) electrons. The third-order valence-corrected chi connectivity index (χ3v) is 6.75. The molecule has 1 aromatic rings. The number of primary amides is 1. The first-order valence-electron chi connectivity index (χ1n) is 7.51. The van der Waals surface area contributed by atoms with Crippen LogP contribution in [-0.4, -0.2) is 22.8 Å². The molecule has 2 aliphatic rings. The smallest absolute Gasteiger partial charge is 0.251 e. The monoisotopic (exact) mass is 324 g/mol. The van der Waals surface area contributed by atoms with Crippen molar-refractivity contribution in [3.8, 4) is 0 Å². The summed E-state index contributed by atoms with van der Waals surface area (Å²) in [6.45, 7) is 0. The maximum absolute atomic E-state index is 12.1. The lowest BCUT2D eigenvalue weighted by molar-refractivity contribution is -0.113. The molecule has 114 valence electrons. The lowest BCUT2D eigenvalue weighted by Crippen LogP contribution is -2.19. The van der Waals surface area contributed by atoms with Crippen LogP contribution in [0.2, 0.25) is 0 Å². The molecule has 21 heavy (non-hydrogen) atoms. The van der Waals surface area contributed by atoms with E-state index in [1.807, 2.05) is 0 Å². The molecule has 0 aliphatic heterocycles. The number of rotatable bonds is 5. The SMILES string of the molecule is NC(=O)c1c(NC(=O)CSC2CCCC2)sc2c1CCC2. The Bertz CT molecular complexity index is 562. The summed E-state index contributed by atoms with van der Waals surface area (Å²) in [5.74, 6) is 0.0216. The van der Waals surface area contributed by atoms with E-state index in [1.54, 1.807) is 11.8 Å². The Labute approximate surface area is 132 Å². The van der Waals surface area contributed by atoms with Crippen LogP contribution in [-0.2, 0) is 17.6 Å². The van der Waals surface area contributed by atoms with Gasteiger partial charge in [-0.05, 0) is 37.7 Å². The lowest BCUT2D eigenvalue weighted by atomic mass is 10.1. The van der Waals surface area contributed by atoms with E-state index in [2.05, 4.69) is 5.32 Å². The van der Waals surface area contributed by atoms with E-state index in [-0.39, 0.29) is 5.91 Å². The van der Waals surface area contributed by atoms with Gasteiger partial charge in [0.15, 0.2) is 0 Å². The van der Waals surface area contributed by atoms with Crippen LogP contribution >= 0.6 is 23.1 Å². The average molecular weight is 324 g/mol. The fourth-order valence-electron chi connectivity index (χ4n) is 3.16. The highest BCUT2D eigenvalue weighted by Crippen LogP contribution is 2.39. The standard InChI is InChI=1S/C15H20N2O2S2/c16-14(19)13-10-6-3-7-11(10)21-15(13)17-12(18)8-20-9-4-1-2-5-9/h9H,1-8H2,(H2,16,19)(H,17,18). The van der Waals surface area contributed by atoms with Crippen molar-refractivity contribution in [1.29, 1.82) is 0 Å². The molecule has 0 atom stereocenters. The second-order valence-electron chi connectivity index (χ2n) is 5.69. The molecule has 0 bridgehead atoms. The van der Waals surface area contributed by atoms with Crippen LogP contribution in [0.1, 0.15) is 52.9 Å². The van der Waals surface area contributed by atoms with Crippen LogP contribution in [0.15, 0.2) is 0 Å². The maximum Gasteiger partial charge on any atom is 0.251 e. The summed E-state index contributed by atoms with van der Waals surface area (Å²) in [7, 11) is 0. The third kappa shape index (κ3) is 3.26. The number of hydrogen-bond acceptors (Lipinski definition) is 4. The molecule has 0 aromatic carbocycles. The number of carbonyl (C=O) groups excluding carboxylic acids is 2. The number of hydrogen-bond donors (Lipinski definition) is 2. The van der Waals surface area contributed by atoms with E-state index in [0.717, 1.165) is 24.8 Å². The number of thioether (sulfide) groups is 1. The van der Waals surface area contributed by atoms with Gasteiger partial charge in [-0.15, -0.1) is 23.1 Å². The fourth-order valence-corrected chi connectivity index (χ4v) is 5.60. The molecular weight excluding hydrogens is 304 g/mol. The highest BCUT2D eigenvalue weighted by atomic mass is 32.2. The Morgan fingerprint density at radius 2 is 2.00 bits per heavy atom. The van der Waals surface area contributed by atoms with Crippen molar-refractivity contribution in [2.24, 2.45) is 5.73 Å². The molecule has 1 fully saturated rings. The van der Waals surface area contributed by atoms with Gasteiger partial charge in [-0.2, -0.15) is 0 Å². The van der Waals surface area contributed by atoms with E-state index in [9.17, 15) is 9.59 Å². The maximum atomic E-state index is 12.1. The molecule has 2 amide bonds. The lowest BCUT2D eigenvalue weighted by Gasteiger charge is -2.09. The van der Waals surface area contributed by atoms with Crippen molar-refractivity contribution < 1.29 is 9.59 Å². The van der Waals surface area contributed by atoms with Gasteiger partial charge >= 0.3 is 0 Å². The van der Waals surface area contributed by atoms with Crippen molar-refractivity contribution in [1.82, 2.24) is 0 Å². The molecule has 3 rings (SSSR count). The average Bonchev–Trinajstić information content (AvgIpc) is 3.11. The summed E-state index contributed by atoms with van der Waals surface area (Å²) < 4.78 is 0. The van der Waals surface area contributed by atoms with Crippen molar-refractivity contribution in [2.75, 3.05) is 11.1 Å². The first-order chi connectivity index (χ1) is 10.1. The number of nitrogens with one attached hydrogen (secondary N) is 1. The largest absolute Gasteiger partial charge is 0.365 e. The molecule has 6 heteroatoms. The topological polar surface area (TPSA) is 72.2 Å². The van der Waals surface area contributed by atoms with Crippen LogP contribution in [0.4, 0.5) is 5.00 Å². The first-order valence-corrected chi connectivity index (χ1v) is 9.37.